The molecule has 23 heavy (non-hydrogen) atoms. The molecule has 1 aliphatic heterocycles. The Bertz CT molecular complexity index is 783. The number of rotatable bonds is 4. The number of pyridine rings is 2. The third-order valence-corrected chi connectivity index (χ3v) is 4.03. The summed E-state index contributed by atoms with van der Waals surface area (Å²) in [4.78, 5) is 11.4. The van der Waals surface area contributed by atoms with Crippen molar-refractivity contribution in [2.24, 2.45) is 5.11 Å². The Labute approximate surface area is 138 Å². The number of nitrogens with zero attached hydrogens (tertiary/aromatic N) is 5. The normalized spacial score (nSPS) is 18.0. The van der Waals surface area contributed by atoms with Crippen LogP contribution in [-0.2, 0) is 10.3 Å². The highest BCUT2D eigenvalue weighted by Crippen LogP contribution is 2.35. The number of hydrogen-bond donors (Lipinski definition) is 0. The first-order valence-electron chi connectivity index (χ1n) is 7.26. The van der Waals surface area contributed by atoms with Crippen molar-refractivity contribution in [1.82, 2.24) is 9.97 Å². The van der Waals surface area contributed by atoms with Crippen LogP contribution in [-0.4, -0.2) is 29.3 Å². The van der Waals surface area contributed by atoms with Crippen molar-refractivity contribution in [1.29, 1.82) is 0 Å². The van der Waals surface area contributed by atoms with E-state index in [-0.39, 0.29) is 6.10 Å². The Kier molecular flexibility index (Phi) is 4.26. The molecule has 2 aromatic heterocycles. The molecule has 0 aliphatic carbocycles. The lowest BCUT2D eigenvalue weighted by molar-refractivity contribution is 0.139. The van der Waals surface area contributed by atoms with E-state index in [1.807, 2.05) is 13.8 Å². The van der Waals surface area contributed by atoms with Gasteiger partial charge in [0.1, 0.15) is 11.3 Å². The first-order chi connectivity index (χ1) is 11.0. The fourth-order valence-corrected chi connectivity index (χ4v) is 2.75. The summed E-state index contributed by atoms with van der Waals surface area (Å²) in [5, 5.41) is 5.76. The molecule has 1 fully saturated rings. The Hall–Kier alpha value is -2.08. The molecule has 3 rings (SSSR count). The second kappa shape index (κ2) is 6.20. The maximum Gasteiger partial charge on any atom is 0.223 e. The van der Waals surface area contributed by atoms with E-state index in [4.69, 9.17) is 26.6 Å². The molecule has 120 valence electrons. The molecule has 0 bridgehead atoms. The van der Waals surface area contributed by atoms with E-state index in [0.717, 1.165) is 22.8 Å². The van der Waals surface area contributed by atoms with Gasteiger partial charge in [-0.15, -0.1) is 0 Å². The van der Waals surface area contributed by atoms with Crippen LogP contribution in [0.5, 0.6) is 5.88 Å². The van der Waals surface area contributed by atoms with Gasteiger partial charge in [-0.1, -0.05) is 30.6 Å². The predicted molar refractivity (Wildman–Crippen MR) is 86.6 cm³/mol. The van der Waals surface area contributed by atoms with E-state index in [0.29, 0.717) is 24.2 Å². The summed E-state index contributed by atoms with van der Waals surface area (Å²) in [6, 6.07) is 1.74. The van der Waals surface area contributed by atoms with Crippen LogP contribution in [0, 0.1) is 0 Å². The largest absolute Gasteiger partial charge is 0.471 e. The first-order valence-corrected chi connectivity index (χ1v) is 7.64. The summed E-state index contributed by atoms with van der Waals surface area (Å²) in [7, 11) is 0. The number of halogens is 1. The van der Waals surface area contributed by atoms with Crippen LogP contribution < -0.4 is 4.74 Å². The minimum Gasteiger partial charge on any atom is -0.471 e. The average molecular weight is 334 g/mol. The first kappa shape index (κ1) is 15.8. The maximum atomic E-state index is 8.80. The van der Waals surface area contributed by atoms with E-state index in [1.165, 1.54) is 0 Å². The van der Waals surface area contributed by atoms with Gasteiger partial charge in [-0.05, 0) is 22.5 Å². The lowest BCUT2D eigenvalue weighted by Crippen LogP contribution is -2.18. The highest BCUT2D eigenvalue weighted by molar-refractivity contribution is 6.30. The molecule has 0 aromatic carbocycles. The van der Waals surface area contributed by atoms with Crippen LogP contribution in [0.2, 0.25) is 5.15 Å². The molecule has 2 aromatic rings. The van der Waals surface area contributed by atoms with Crippen LogP contribution in [0.1, 0.15) is 25.8 Å². The van der Waals surface area contributed by atoms with Crippen molar-refractivity contribution >= 4 is 22.4 Å². The van der Waals surface area contributed by atoms with E-state index in [1.54, 1.807) is 18.5 Å². The van der Waals surface area contributed by atoms with Crippen molar-refractivity contribution in [3.8, 4) is 5.88 Å². The van der Waals surface area contributed by atoms with Gasteiger partial charge < -0.3 is 9.47 Å². The lowest BCUT2D eigenvalue weighted by atomic mass is 9.93. The molecule has 0 amide bonds. The van der Waals surface area contributed by atoms with Gasteiger partial charge in [-0.25, -0.2) is 9.97 Å². The van der Waals surface area contributed by atoms with Crippen molar-refractivity contribution in [2.45, 2.75) is 31.9 Å². The van der Waals surface area contributed by atoms with Gasteiger partial charge in [0.2, 0.25) is 5.88 Å². The van der Waals surface area contributed by atoms with Crippen molar-refractivity contribution in [3.05, 3.63) is 39.6 Å². The summed E-state index contributed by atoms with van der Waals surface area (Å²) >= 11 is 6.04. The van der Waals surface area contributed by atoms with E-state index in [2.05, 4.69) is 20.0 Å². The molecule has 3 heterocycles. The summed E-state index contributed by atoms with van der Waals surface area (Å²) in [5.41, 5.74) is 8.80. The fourth-order valence-electron chi connectivity index (χ4n) is 2.60. The second-order valence-electron chi connectivity index (χ2n) is 5.88. The number of aromatic nitrogens is 2. The van der Waals surface area contributed by atoms with Crippen molar-refractivity contribution < 1.29 is 9.47 Å². The van der Waals surface area contributed by atoms with Crippen molar-refractivity contribution in [2.75, 3.05) is 13.2 Å². The quantitative estimate of drug-likeness (QED) is 0.366. The number of azide groups is 1. The minimum absolute atomic E-state index is 0.0163. The fraction of sp³-hybridized carbons (Fsp3) is 0.467. The van der Waals surface area contributed by atoms with Crippen LogP contribution >= 0.6 is 11.6 Å². The number of hydrogen-bond acceptors (Lipinski definition) is 5. The van der Waals surface area contributed by atoms with Crippen molar-refractivity contribution in [3.63, 3.8) is 0 Å². The molecule has 1 aliphatic rings. The highest BCUT2D eigenvalue weighted by Gasteiger charge is 2.25. The van der Waals surface area contributed by atoms with Crippen LogP contribution in [0.3, 0.4) is 0 Å². The molecular formula is C15H16ClN5O2. The van der Waals surface area contributed by atoms with E-state index in [9.17, 15) is 0 Å². The van der Waals surface area contributed by atoms with Gasteiger partial charge in [0, 0.05) is 23.7 Å². The van der Waals surface area contributed by atoms with Gasteiger partial charge in [-0.2, -0.15) is 0 Å². The summed E-state index contributed by atoms with van der Waals surface area (Å²) in [5.74, 6) is 0.486. The molecule has 7 nitrogen and oxygen atoms in total. The molecule has 8 heteroatoms. The summed E-state index contributed by atoms with van der Waals surface area (Å²) < 4.78 is 11.3. The van der Waals surface area contributed by atoms with Gasteiger partial charge in [0.25, 0.3) is 0 Å². The van der Waals surface area contributed by atoms with E-state index >= 15 is 0 Å². The minimum atomic E-state index is -0.764. The van der Waals surface area contributed by atoms with Gasteiger partial charge in [0.05, 0.1) is 24.1 Å². The summed E-state index contributed by atoms with van der Waals surface area (Å²) in [6.45, 7) is 4.89. The third-order valence-electron chi connectivity index (χ3n) is 3.82. The SMILES string of the molecule is CC(C)(N=[N+]=[N-])c1cnc(O[C@@H]2CCOC2)c2cnc(Cl)cc12. The molecule has 1 atom stereocenters. The van der Waals surface area contributed by atoms with Gasteiger partial charge in [-0.3, -0.25) is 0 Å². The molecule has 0 spiro atoms. The monoisotopic (exact) mass is 333 g/mol. The summed E-state index contributed by atoms with van der Waals surface area (Å²) in [6.07, 6.45) is 4.11. The Morgan fingerprint density at radius 1 is 1.39 bits per heavy atom. The smallest absolute Gasteiger partial charge is 0.223 e. The molecule has 0 saturated carbocycles. The maximum absolute atomic E-state index is 8.80. The lowest BCUT2D eigenvalue weighted by Gasteiger charge is -2.22. The average Bonchev–Trinajstić information content (AvgIpc) is 2.99. The molecular weight excluding hydrogens is 318 g/mol. The molecule has 1 saturated heterocycles. The molecule has 0 N–H and O–H groups in total. The predicted octanol–water partition coefficient (Wildman–Crippen LogP) is 4.00. The molecule has 0 radical (unpaired) electrons. The van der Waals surface area contributed by atoms with Gasteiger partial charge >= 0.3 is 0 Å². The Morgan fingerprint density at radius 3 is 2.91 bits per heavy atom. The zero-order valence-electron chi connectivity index (χ0n) is 12.9. The topological polar surface area (TPSA) is 93.0 Å². The number of fused-ring (bicyclic) bond motifs is 1. The Morgan fingerprint density at radius 2 is 2.22 bits per heavy atom. The van der Waals surface area contributed by atoms with Crippen LogP contribution in [0.4, 0.5) is 0 Å². The van der Waals surface area contributed by atoms with Gasteiger partial charge in [0.15, 0.2) is 0 Å². The number of ether oxygens (including phenoxy) is 2. The third kappa shape index (κ3) is 3.17. The second-order valence-corrected chi connectivity index (χ2v) is 6.27. The molecule has 0 unspecified atom stereocenters. The standard InChI is InChI=1S/C15H16ClN5O2/c1-15(2,20-21-17)12-7-19-14(23-9-3-4-22-8-9)11-6-18-13(16)5-10(11)12/h5-7,9H,3-4,8H2,1-2H3/t9-/m1/s1. The van der Waals surface area contributed by atoms with Crippen LogP contribution in [0.15, 0.2) is 23.6 Å². The highest BCUT2D eigenvalue weighted by atomic mass is 35.5. The van der Waals surface area contributed by atoms with Crippen LogP contribution in [0.25, 0.3) is 21.2 Å². The van der Waals surface area contributed by atoms with E-state index < -0.39 is 5.54 Å². The Balaban J connectivity index is 2.13. The zero-order chi connectivity index (χ0) is 16.4. The zero-order valence-corrected chi connectivity index (χ0v) is 13.6.